The molecule has 1 aliphatic rings. The zero-order valence-electron chi connectivity index (χ0n) is 26.8. The minimum Gasteiger partial charge on any atom is -0.508 e. The number of aliphatic hydroxyl groups excluding tert-OH is 1. The highest BCUT2D eigenvalue weighted by atomic mass is 16.6. The summed E-state index contributed by atoms with van der Waals surface area (Å²) in [4.78, 5) is 72.7. The van der Waals surface area contributed by atoms with Crippen molar-refractivity contribution in [3.8, 4) is 11.3 Å². The molecule has 45 heavy (non-hydrogen) atoms. The third-order valence-electron chi connectivity index (χ3n) is 7.24. The molecular weight excluding hydrogens is 581 g/mol. The van der Waals surface area contributed by atoms with Crippen molar-refractivity contribution in [2.45, 2.75) is 63.7 Å². The summed E-state index contributed by atoms with van der Waals surface area (Å²) in [6.07, 6.45) is -2.01. The maximum Gasteiger partial charge on any atom is 0.552 e. The summed E-state index contributed by atoms with van der Waals surface area (Å²) < 4.78 is 11.6. The van der Waals surface area contributed by atoms with E-state index in [2.05, 4.69) is 15.6 Å². The SMILES string of the molecule is CC(C)C[C@H](NC(=O)C(NC(=O)c1cccc(-c2ccccc2)n1)[C@@H](C)O)B1OC(=O)C[C@@](CC(=O)N(C)C)(C(=O)N(C)C)O1. The quantitative estimate of drug-likeness (QED) is 0.293. The Morgan fingerprint density at radius 2 is 1.64 bits per heavy atom. The molecule has 1 saturated heterocycles. The summed E-state index contributed by atoms with van der Waals surface area (Å²) in [6.45, 7) is 5.09. The number of hydrogen-bond acceptors (Lipinski definition) is 9. The molecule has 1 unspecified atom stereocenters. The Balaban J connectivity index is 1.86. The van der Waals surface area contributed by atoms with E-state index in [4.69, 9.17) is 9.31 Å². The van der Waals surface area contributed by atoms with Gasteiger partial charge in [0.05, 0.1) is 30.6 Å². The van der Waals surface area contributed by atoms with E-state index in [-0.39, 0.29) is 18.0 Å². The fraction of sp³-hybridized carbons (Fsp3) is 0.484. The minimum atomic E-state index is -1.86. The maximum absolute atomic E-state index is 13.6. The molecule has 0 spiro atoms. The normalized spacial score (nSPS) is 18.3. The highest BCUT2D eigenvalue weighted by molar-refractivity contribution is 6.50. The molecule has 0 aliphatic carbocycles. The lowest BCUT2D eigenvalue weighted by atomic mass is 9.70. The van der Waals surface area contributed by atoms with Crippen LogP contribution in [0.5, 0.6) is 0 Å². The molecule has 3 N–H and O–H groups in total. The summed E-state index contributed by atoms with van der Waals surface area (Å²) in [5, 5.41) is 15.8. The van der Waals surface area contributed by atoms with E-state index in [9.17, 15) is 29.1 Å². The fourth-order valence-corrected chi connectivity index (χ4v) is 4.94. The number of likely N-dealkylation sites (N-methyl/N-ethyl adjacent to an activating group) is 1. The van der Waals surface area contributed by atoms with Gasteiger partial charge in [-0.2, -0.15) is 0 Å². The van der Waals surface area contributed by atoms with Gasteiger partial charge in [0.1, 0.15) is 11.7 Å². The molecule has 2 aromatic rings. The van der Waals surface area contributed by atoms with Gasteiger partial charge in [-0.3, -0.25) is 24.0 Å². The van der Waals surface area contributed by atoms with E-state index in [1.807, 2.05) is 44.2 Å². The number of carbonyl (C=O) groups is 5. The highest BCUT2D eigenvalue weighted by Gasteiger charge is 2.55. The number of rotatable bonds is 12. The van der Waals surface area contributed by atoms with Crippen LogP contribution in [0.1, 0.15) is 50.5 Å². The molecule has 0 radical (unpaired) electrons. The molecule has 1 aromatic carbocycles. The smallest absolute Gasteiger partial charge is 0.508 e. The fourth-order valence-electron chi connectivity index (χ4n) is 4.94. The maximum atomic E-state index is 13.6. The topological polar surface area (TPSA) is 167 Å². The Kier molecular flexibility index (Phi) is 11.8. The first-order valence-electron chi connectivity index (χ1n) is 14.7. The largest absolute Gasteiger partial charge is 0.552 e. The van der Waals surface area contributed by atoms with Crippen LogP contribution in [0, 0.1) is 5.92 Å². The molecule has 3 rings (SSSR count). The van der Waals surface area contributed by atoms with Crippen molar-refractivity contribution in [1.29, 1.82) is 0 Å². The van der Waals surface area contributed by atoms with E-state index < -0.39 is 73.2 Å². The molecule has 2 heterocycles. The lowest BCUT2D eigenvalue weighted by Crippen LogP contribution is -2.65. The second-order valence-corrected chi connectivity index (χ2v) is 12.0. The Labute approximate surface area is 263 Å². The second-order valence-electron chi connectivity index (χ2n) is 12.0. The van der Waals surface area contributed by atoms with Gasteiger partial charge in [0.25, 0.3) is 17.8 Å². The second kappa shape index (κ2) is 15.1. The van der Waals surface area contributed by atoms with Gasteiger partial charge in [-0.15, -0.1) is 0 Å². The number of nitrogens with one attached hydrogen (secondary N) is 2. The number of carbonyl (C=O) groups excluding carboxylic acids is 5. The molecule has 0 saturated carbocycles. The summed E-state index contributed by atoms with van der Waals surface area (Å²) in [5.74, 6) is -4.33. The Bertz CT molecular complexity index is 1390. The molecule has 4 atom stereocenters. The van der Waals surface area contributed by atoms with Crippen molar-refractivity contribution < 1.29 is 38.4 Å². The van der Waals surface area contributed by atoms with Gasteiger partial charge in [0.2, 0.25) is 11.8 Å². The van der Waals surface area contributed by atoms with E-state index in [1.165, 1.54) is 51.0 Å². The first-order valence-corrected chi connectivity index (χ1v) is 14.7. The first kappa shape index (κ1) is 35.2. The van der Waals surface area contributed by atoms with Crippen LogP contribution in [0.2, 0.25) is 0 Å². The number of hydrogen-bond donors (Lipinski definition) is 3. The number of pyridine rings is 1. The highest BCUT2D eigenvalue weighted by Crippen LogP contribution is 2.32. The van der Waals surface area contributed by atoms with Gasteiger partial charge in [0, 0.05) is 33.8 Å². The van der Waals surface area contributed by atoms with Crippen molar-refractivity contribution in [3.63, 3.8) is 0 Å². The van der Waals surface area contributed by atoms with Crippen molar-refractivity contribution in [3.05, 3.63) is 54.2 Å². The van der Waals surface area contributed by atoms with Crippen LogP contribution >= 0.6 is 0 Å². The summed E-state index contributed by atoms with van der Waals surface area (Å²) in [7, 11) is 4.57. The summed E-state index contributed by atoms with van der Waals surface area (Å²) >= 11 is 0. The van der Waals surface area contributed by atoms with Crippen molar-refractivity contribution >= 4 is 36.7 Å². The van der Waals surface area contributed by atoms with E-state index in [0.29, 0.717) is 5.69 Å². The minimum absolute atomic E-state index is 0.0376. The number of benzene rings is 1. The predicted molar refractivity (Wildman–Crippen MR) is 166 cm³/mol. The van der Waals surface area contributed by atoms with Crippen LogP contribution in [-0.4, -0.2) is 108 Å². The number of amides is 4. The molecule has 1 aliphatic heterocycles. The van der Waals surface area contributed by atoms with Gasteiger partial charge in [-0.25, -0.2) is 4.98 Å². The van der Waals surface area contributed by atoms with Crippen molar-refractivity contribution in [1.82, 2.24) is 25.4 Å². The van der Waals surface area contributed by atoms with E-state index >= 15 is 0 Å². The molecule has 0 bridgehead atoms. The van der Waals surface area contributed by atoms with Gasteiger partial charge in [-0.05, 0) is 31.4 Å². The standard InChI is InChI=1S/C31H42BN5O8/c1-19(2)16-24(32-44-26(40)18-31(45-32,30(43)37(6)7)17-25(39)36(4)5)34-29(42)27(20(3)38)35-28(41)23-15-11-14-22(33-23)21-12-9-8-10-13-21/h8-15,19-20,24,27,38H,16-18H2,1-7H3,(H,34,42)(H,35,41)/t20-,24+,27?,31+/m1/s1. The first-order chi connectivity index (χ1) is 21.1. The van der Waals surface area contributed by atoms with Crippen LogP contribution in [0.3, 0.4) is 0 Å². The zero-order valence-corrected chi connectivity index (χ0v) is 26.8. The third kappa shape index (κ3) is 9.11. The Hall–Kier alpha value is -4.30. The van der Waals surface area contributed by atoms with Crippen molar-refractivity contribution in [2.24, 2.45) is 5.92 Å². The third-order valence-corrected chi connectivity index (χ3v) is 7.24. The molecule has 1 fully saturated rings. The average molecular weight is 624 g/mol. The van der Waals surface area contributed by atoms with Gasteiger partial charge < -0.3 is 34.8 Å². The van der Waals surface area contributed by atoms with E-state index in [1.54, 1.807) is 12.1 Å². The van der Waals surface area contributed by atoms with Gasteiger partial charge in [-0.1, -0.05) is 50.2 Å². The Morgan fingerprint density at radius 1 is 0.978 bits per heavy atom. The molecule has 14 heteroatoms. The monoisotopic (exact) mass is 623 g/mol. The molecule has 4 amide bonds. The molecule has 1 aromatic heterocycles. The van der Waals surface area contributed by atoms with Crippen LogP contribution in [-0.2, 0) is 28.5 Å². The van der Waals surface area contributed by atoms with Gasteiger partial charge in [0.15, 0.2) is 5.60 Å². The van der Waals surface area contributed by atoms with E-state index in [0.717, 1.165) is 5.56 Å². The molecule has 13 nitrogen and oxygen atoms in total. The van der Waals surface area contributed by atoms with Crippen LogP contribution in [0.25, 0.3) is 11.3 Å². The molecular formula is C31H42BN5O8. The van der Waals surface area contributed by atoms with Crippen LogP contribution < -0.4 is 10.6 Å². The summed E-state index contributed by atoms with van der Waals surface area (Å²) in [5.41, 5.74) is -0.474. The molecule has 242 valence electrons. The lowest BCUT2D eigenvalue weighted by Gasteiger charge is -2.41. The summed E-state index contributed by atoms with van der Waals surface area (Å²) in [6, 6.07) is 12.7. The number of aliphatic hydroxyl groups is 1. The number of nitrogens with zero attached hydrogens (tertiary/aromatic N) is 3. The van der Waals surface area contributed by atoms with Crippen molar-refractivity contribution in [2.75, 3.05) is 28.2 Å². The average Bonchev–Trinajstić information content (AvgIpc) is 2.98. The van der Waals surface area contributed by atoms with Crippen LogP contribution in [0.15, 0.2) is 48.5 Å². The Morgan fingerprint density at radius 3 is 2.22 bits per heavy atom. The zero-order chi connectivity index (χ0) is 33.5. The lowest BCUT2D eigenvalue weighted by molar-refractivity contribution is -0.167. The number of aromatic nitrogens is 1. The predicted octanol–water partition coefficient (Wildman–Crippen LogP) is 1.05. The van der Waals surface area contributed by atoms with Crippen LogP contribution in [0.4, 0.5) is 0 Å². The van der Waals surface area contributed by atoms with Gasteiger partial charge >= 0.3 is 7.12 Å².